The molecule has 0 spiro atoms. The molecule has 0 rings (SSSR count). The molecule has 1 atom stereocenters. The van der Waals surface area contributed by atoms with Crippen molar-refractivity contribution in [2.75, 3.05) is 37.8 Å². The van der Waals surface area contributed by atoms with Crippen molar-refractivity contribution in [1.29, 1.82) is 0 Å². The second kappa shape index (κ2) is 11.5. The fourth-order valence-electron chi connectivity index (χ4n) is 1.26. The third kappa shape index (κ3) is 9.27. The van der Waals surface area contributed by atoms with Crippen LogP contribution in [0.15, 0.2) is 0 Å². The first-order valence-corrected chi connectivity index (χ1v) is 7.52. The lowest BCUT2D eigenvalue weighted by atomic mass is 10.4. The average molecular weight is 251 g/mol. The quantitative estimate of drug-likeness (QED) is 0.442. The summed E-state index contributed by atoms with van der Waals surface area (Å²) in [5, 5.41) is 3.24. The summed E-state index contributed by atoms with van der Waals surface area (Å²) in [5.41, 5.74) is 0. The number of ether oxygens (including phenoxy) is 2. The van der Waals surface area contributed by atoms with Gasteiger partial charge in [0.2, 0.25) is 0 Å². The molecule has 0 aliphatic rings. The van der Waals surface area contributed by atoms with Crippen LogP contribution in [0.25, 0.3) is 0 Å². The Balaban J connectivity index is 3.42. The van der Waals surface area contributed by atoms with Crippen LogP contribution >= 0.6 is 0 Å². The van der Waals surface area contributed by atoms with Crippen molar-refractivity contribution in [3.8, 4) is 0 Å². The Kier molecular flexibility index (Phi) is 11.5. The van der Waals surface area contributed by atoms with E-state index >= 15 is 0 Å². The third-order valence-corrected chi connectivity index (χ3v) is 3.39. The molecule has 4 nitrogen and oxygen atoms in total. The Morgan fingerprint density at radius 2 is 1.75 bits per heavy atom. The first-order valence-electron chi connectivity index (χ1n) is 6.03. The van der Waals surface area contributed by atoms with E-state index in [0.29, 0.717) is 13.2 Å². The summed E-state index contributed by atoms with van der Waals surface area (Å²) < 4.78 is 22.0. The van der Waals surface area contributed by atoms with Crippen molar-refractivity contribution < 1.29 is 13.7 Å². The number of hydrogen-bond acceptors (Lipinski definition) is 4. The van der Waals surface area contributed by atoms with E-state index in [1.807, 2.05) is 20.8 Å². The normalized spacial score (nSPS) is 13.2. The van der Waals surface area contributed by atoms with Crippen LogP contribution in [0.5, 0.6) is 0 Å². The number of nitrogens with one attached hydrogen (secondary N) is 1. The van der Waals surface area contributed by atoms with Gasteiger partial charge in [0.25, 0.3) is 0 Å². The maximum atomic E-state index is 11.1. The molecule has 0 aromatic heterocycles. The topological polar surface area (TPSA) is 47.6 Å². The zero-order valence-electron chi connectivity index (χ0n) is 10.7. The van der Waals surface area contributed by atoms with Crippen molar-refractivity contribution in [2.45, 2.75) is 33.5 Å². The Hall–Kier alpha value is 0.0300. The smallest absolute Gasteiger partial charge is 0.158 e. The Morgan fingerprint density at radius 1 is 1.12 bits per heavy atom. The minimum atomic E-state index is -0.673. The fraction of sp³-hybridized carbons (Fsp3) is 1.00. The van der Waals surface area contributed by atoms with E-state index in [-0.39, 0.29) is 6.29 Å². The minimum absolute atomic E-state index is 0.112. The van der Waals surface area contributed by atoms with Crippen LogP contribution in [0.3, 0.4) is 0 Å². The lowest BCUT2D eigenvalue weighted by Gasteiger charge is -2.16. The first-order chi connectivity index (χ1) is 7.74. The summed E-state index contributed by atoms with van der Waals surface area (Å²) >= 11 is 0. The second-order valence-corrected chi connectivity index (χ2v) is 5.18. The Labute approximate surface area is 102 Å². The molecular weight excluding hydrogens is 226 g/mol. The van der Waals surface area contributed by atoms with Gasteiger partial charge in [-0.25, -0.2) is 0 Å². The largest absolute Gasteiger partial charge is 0.353 e. The molecule has 98 valence electrons. The van der Waals surface area contributed by atoms with Gasteiger partial charge in [-0.15, -0.1) is 0 Å². The Bertz CT molecular complexity index is 173. The molecule has 0 heterocycles. The van der Waals surface area contributed by atoms with Crippen LogP contribution in [0.2, 0.25) is 0 Å². The zero-order valence-corrected chi connectivity index (χ0v) is 11.5. The summed E-state index contributed by atoms with van der Waals surface area (Å²) in [4.78, 5) is 0. The highest BCUT2D eigenvalue weighted by Crippen LogP contribution is 1.99. The molecule has 0 aromatic carbocycles. The minimum Gasteiger partial charge on any atom is -0.353 e. The van der Waals surface area contributed by atoms with Crippen LogP contribution in [0.4, 0.5) is 0 Å². The van der Waals surface area contributed by atoms with E-state index in [0.717, 1.165) is 31.0 Å². The molecule has 16 heavy (non-hydrogen) atoms. The Morgan fingerprint density at radius 3 is 2.25 bits per heavy atom. The molecule has 0 fully saturated rings. The first kappa shape index (κ1) is 16.0. The standard InChI is InChI=1S/C11H25NO3S/c1-4-14-11(15-5-2)7-8-12-9-10-16(13)6-3/h11-12H,4-10H2,1-3H3. The van der Waals surface area contributed by atoms with Crippen molar-refractivity contribution in [3.05, 3.63) is 0 Å². The molecule has 0 aliphatic carbocycles. The van der Waals surface area contributed by atoms with Crippen LogP contribution in [-0.4, -0.2) is 48.3 Å². The molecule has 0 aromatic rings. The van der Waals surface area contributed by atoms with Crippen LogP contribution < -0.4 is 5.32 Å². The van der Waals surface area contributed by atoms with Gasteiger partial charge in [0, 0.05) is 48.5 Å². The molecule has 0 aliphatic heterocycles. The van der Waals surface area contributed by atoms with E-state index in [1.165, 1.54) is 0 Å². The summed E-state index contributed by atoms with van der Waals surface area (Å²) in [5.74, 6) is 1.46. The van der Waals surface area contributed by atoms with Gasteiger partial charge in [-0.1, -0.05) is 6.92 Å². The monoisotopic (exact) mass is 251 g/mol. The van der Waals surface area contributed by atoms with E-state index in [2.05, 4.69) is 5.32 Å². The lowest BCUT2D eigenvalue weighted by Crippen LogP contribution is -2.27. The molecular formula is C11H25NO3S. The number of hydrogen-bond donors (Lipinski definition) is 1. The van der Waals surface area contributed by atoms with Crippen molar-refractivity contribution in [2.24, 2.45) is 0 Å². The van der Waals surface area contributed by atoms with Gasteiger partial charge >= 0.3 is 0 Å². The van der Waals surface area contributed by atoms with E-state index in [4.69, 9.17) is 9.47 Å². The highest BCUT2D eigenvalue weighted by Gasteiger charge is 2.06. The predicted octanol–water partition coefficient (Wildman–Crippen LogP) is 1.13. The van der Waals surface area contributed by atoms with E-state index < -0.39 is 10.8 Å². The lowest BCUT2D eigenvalue weighted by molar-refractivity contribution is -0.138. The molecule has 1 unspecified atom stereocenters. The molecule has 0 saturated heterocycles. The third-order valence-electron chi connectivity index (χ3n) is 2.09. The van der Waals surface area contributed by atoms with Crippen molar-refractivity contribution in [3.63, 3.8) is 0 Å². The molecule has 0 bridgehead atoms. The molecule has 0 amide bonds. The van der Waals surface area contributed by atoms with Crippen molar-refractivity contribution in [1.82, 2.24) is 5.32 Å². The summed E-state index contributed by atoms with van der Waals surface area (Å²) in [7, 11) is -0.673. The van der Waals surface area contributed by atoms with Crippen LogP contribution in [0, 0.1) is 0 Å². The maximum absolute atomic E-state index is 11.1. The zero-order chi connectivity index (χ0) is 12.2. The van der Waals surface area contributed by atoms with E-state index in [9.17, 15) is 4.21 Å². The van der Waals surface area contributed by atoms with Crippen molar-refractivity contribution >= 4 is 10.8 Å². The average Bonchev–Trinajstić information content (AvgIpc) is 2.28. The highest BCUT2D eigenvalue weighted by molar-refractivity contribution is 7.84. The van der Waals surface area contributed by atoms with Gasteiger partial charge in [-0.3, -0.25) is 4.21 Å². The van der Waals surface area contributed by atoms with Crippen LogP contribution in [0.1, 0.15) is 27.2 Å². The summed E-state index contributed by atoms with van der Waals surface area (Å²) in [6.07, 6.45) is 0.722. The predicted molar refractivity (Wildman–Crippen MR) is 68.1 cm³/mol. The highest BCUT2D eigenvalue weighted by atomic mass is 32.2. The summed E-state index contributed by atoms with van der Waals surface area (Å²) in [6, 6.07) is 0. The van der Waals surface area contributed by atoms with Gasteiger partial charge in [-0.05, 0) is 20.4 Å². The molecule has 5 heteroatoms. The number of rotatable bonds is 11. The van der Waals surface area contributed by atoms with Gasteiger partial charge in [0.1, 0.15) is 0 Å². The molecule has 0 saturated carbocycles. The van der Waals surface area contributed by atoms with E-state index in [1.54, 1.807) is 0 Å². The van der Waals surface area contributed by atoms with Crippen LogP contribution in [-0.2, 0) is 20.3 Å². The molecule has 0 radical (unpaired) electrons. The molecule has 1 N–H and O–H groups in total. The maximum Gasteiger partial charge on any atom is 0.158 e. The second-order valence-electron chi connectivity index (χ2n) is 3.31. The van der Waals surface area contributed by atoms with Gasteiger partial charge in [0.15, 0.2) is 6.29 Å². The summed E-state index contributed by atoms with van der Waals surface area (Å²) in [6.45, 7) is 8.84. The van der Waals surface area contributed by atoms with Gasteiger partial charge in [0.05, 0.1) is 0 Å². The SMILES string of the molecule is CCOC(CCNCCS(=O)CC)OCC. The fourth-order valence-corrected chi connectivity index (χ4v) is 1.92. The van der Waals surface area contributed by atoms with Gasteiger partial charge < -0.3 is 14.8 Å². The van der Waals surface area contributed by atoms with Gasteiger partial charge in [-0.2, -0.15) is 0 Å².